The molecule has 0 aliphatic heterocycles. The van der Waals surface area contributed by atoms with Gasteiger partial charge >= 0.3 is 5.91 Å². The molecular weight excluding hydrogens is 332 g/mol. The van der Waals surface area contributed by atoms with E-state index in [-0.39, 0.29) is 11.7 Å². The predicted molar refractivity (Wildman–Crippen MR) is 101 cm³/mol. The molecule has 0 saturated heterocycles. The van der Waals surface area contributed by atoms with Crippen molar-refractivity contribution in [3.8, 4) is 0 Å². The largest absolute Gasteiger partial charge is 0.451 e. The first kappa shape index (κ1) is 15.8. The maximum absolute atomic E-state index is 12.6. The fraction of sp³-hybridized carbons (Fsp3) is 0.200. The van der Waals surface area contributed by atoms with Crippen LogP contribution >= 0.6 is 11.3 Å². The molecule has 0 unspecified atom stereocenters. The van der Waals surface area contributed by atoms with Gasteiger partial charge in [-0.05, 0) is 50.1 Å². The monoisotopic (exact) mass is 350 g/mol. The maximum atomic E-state index is 12.6. The number of amides is 1. The van der Waals surface area contributed by atoms with Crippen molar-refractivity contribution in [3.63, 3.8) is 0 Å². The summed E-state index contributed by atoms with van der Waals surface area (Å²) in [6.45, 7) is 7.00. The van der Waals surface area contributed by atoms with E-state index < -0.39 is 0 Å². The summed E-state index contributed by atoms with van der Waals surface area (Å²) in [4.78, 5) is 17.7. The standard InChI is InChI=1S/C20H18N2O2S/c1-4-22-15-10-12(2)9-13(3)18(15)25-20(22)21-19(23)17-11-14-7-5-6-8-16(14)24-17/h5-11H,4H2,1-3H3. The van der Waals surface area contributed by atoms with Crippen molar-refractivity contribution < 1.29 is 9.21 Å². The van der Waals surface area contributed by atoms with Gasteiger partial charge in [-0.25, -0.2) is 0 Å². The number of carbonyl (C=O) groups excluding carboxylic acids is 1. The number of nitrogens with zero attached hydrogens (tertiary/aromatic N) is 2. The van der Waals surface area contributed by atoms with Crippen LogP contribution in [0.2, 0.25) is 0 Å². The maximum Gasteiger partial charge on any atom is 0.315 e. The highest BCUT2D eigenvalue weighted by molar-refractivity contribution is 7.16. The first-order valence-corrected chi connectivity index (χ1v) is 9.06. The van der Waals surface area contributed by atoms with Gasteiger partial charge in [0.2, 0.25) is 0 Å². The van der Waals surface area contributed by atoms with Gasteiger partial charge in [0, 0.05) is 11.9 Å². The zero-order valence-corrected chi connectivity index (χ0v) is 15.2. The molecule has 0 spiro atoms. The summed E-state index contributed by atoms with van der Waals surface area (Å²) in [5.41, 5.74) is 4.24. The Balaban J connectivity index is 1.88. The molecule has 4 nitrogen and oxygen atoms in total. The van der Waals surface area contributed by atoms with Crippen LogP contribution in [0.4, 0.5) is 0 Å². The predicted octanol–water partition coefficient (Wildman–Crippen LogP) is 4.83. The molecule has 4 aromatic rings. The SMILES string of the molecule is CCn1c(=NC(=O)c2cc3ccccc3o2)sc2c(C)cc(C)cc21. The van der Waals surface area contributed by atoms with Crippen LogP contribution in [0.25, 0.3) is 21.2 Å². The van der Waals surface area contributed by atoms with Crippen molar-refractivity contribution in [2.45, 2.75) is 27.3 Å². The normalized spacial score (nSPS) is 12.4. The van der Waals surface area contributed by atoms with E-state index in [0.29, 0.717) is 10.4 Å². The first-order valence-electron chi connectivity index (χ1n) is 8.25. The zero-order valence-electron chi connectivity index (χ0n) is 14.4. The third-order valence-corrected chi connectivity index (χ3v) is 5.49. The van der Waals surface area contributed by atoms with E-state index in [2.05, 4.69) is 42.5 Å². The lowest BCUT2D eigenvalue weighted by Crippen LogP contribution is -2.15. The number of rotatable bonds is 2. The summed E-state index contributed by atoms with van der Waals surface area (Å²) in [7, 11) is 0. The first-order chi connectivity index (χ1) is 12.1. The van der Waals surface area contributed by atoms with Crippen LogP contribution < -0.4 is 4.80 Å². The minimum absolute atomic E-state index is 0.272. The molecule has 0 aliphatic carbocycles. The van der Waals surface area contributed by atoms with E-state index in [1.165, 1.54) is 15.8 Å². The Morgan fingerprint density at radius 3 is 2.76 bits per heavy atom. The Labute approximate surface area is 149 Å². The second kappa shape index (κ2) is 6.01. The summed E-state index contributed by atoms with van der Waals surface area (Å²) in [5.74, 6) is -0.0754. The topological polar surface area (TPSA) is 47.5 Å². The van der Waals surface area contributed by atoms with Crippen molar-refractivity contribution >= 4 is 38.4 Å². The van der Waals surface area contributed by atoms with Gasteiger partial charge in [0.15, 0.2) is 10.6 Å². The molecule has 2 heterocycles. The molecule has 1 amide bonds. The fourth-order valence-electron chi connectivity index (χ4n) is 3.13. The number of para-hydroxylation sites is 1. The number of thiazole rings is 1. The Hall–Kier alpha value is -2.66. The number of furan rings is 1. The molecule has 0 bridgehead atoms. The number of hydrogen-bond donors (Lipinski definition) is 0. The molecule has 0 atom stereocenters. The summed E-state index contributed by atoms with van der Waals surface area (Å²) in [6, 6.07) is 13.6. The van der Waals surface area contributed by atoms with Crippen molar-refractivity contribution in [1.82, 2.24) is 4.57 Å². The average Bonchev–Trinajstić information content (AvgIpc) is 3.16. The second-order valence-electron chi connectivity index (χ2n) is 6.12. The van der Waals surface area contributed by atoms with Crippen molar-refractivity contribution in [1.29, 1.82) is 0 Å². The lowest BCUT2D eigenvalue weighted by Gasteiger charge is -2.02. The summed E-state index contributed by atoms with van der Waals surface area (Å²) in [5, 5.41) is 0.909. The van der Waals surface area contributed by atoms with Crippen LogP contribution in [-0.2, 0) is 6.54 Å². The van der Waals surface area contributed by atoms with Gasteiger partial charge < -0.3 is 8.98 Å². The van der Waals surface area contributed by atoms with E-state index in [1.54, 1.807) is 17.4 Å². The molecule has 126 valence electrons. The number of aryl methyl sites for hydroxylation is 3. The Morgan fingerprint density at radius 2 is 2.00 bits per heavy atom. The quantitative estimate of drug-likeness (QED) is 0.520. The van der Waals surface area contributed by atoms with E-state index in [1.807, 2.05) is 24.3 Å². The molecule has 5 heteroatoms. The zero-order chi connectivity index (χ0) is 17.6. The number of benzene rings is 2. The highest BCUT2D eigenvalue weighted by atomic mass is 32.1. The highest BCUT2D eigenvalue weighted by Crippen LogP contribution is 2.24. The Morgan fingerprint density at radius 1 is 1.20 bits per heavy atom. The molecule has 0 aliphatic rings. The number of aromatic nitrogens is 1. The summed E-state index contributed by atoms with van der Waals surface area (Å²) < 4.78 is 8.90. The van der Waals surface area contributed by atoms with E-state index in [9.17, 15) is 4.79 Å². The van der Waals surface area contributed by atoms with E-state index in [0.717, 1.165) is 17.4 Å². The van der Waals surface area contributed by atoms with Crippen molar-refractivity contribution in [2.24, 2.45) is 4.99 Å². The lowest BCUT2D eigenvalue weighted by molar-refractivity contribution is 0.0973. The van der Waals surface area contributed by atoms with Crippen LogP contribution in [0.5, 0.6) is 0 Å². The van der Waals surface area contributed by atoms with Gasteiger partial charge in [-0.3, -0.25) is 4.79 Å². The molecule has 2 aromatic carbocycles. The third kappa shape index (κ3) is 2.70. The molecule has 4 rings (SSSR count). The van der Waals surface area contributed by atoms with Gasteiger partial charge in [-0.2, -0.15) is 4.99 Å². The Kier molecular flexibility index (Phi) is 3.81. The molecule has 0 radical (unpaired) electrons. The minimum Gasteiger partial charge on any atom is -0.451 e. The average molecular weight is 350 g/mol. The third-order valence-electron chi connectivity index (χ3n) is 4.26. The highest BCUT2D eigenvalue weighted by Gasteiger charge is 2.13. The molecule has 2 aromatic heterocycles. The molecule has 0 saturated carbocycles. The lowest BCUT2D eigenvalue weighted by atomic mass is 10.1. The van der Waals surface area contributed by atoms with Gasteiger partial charge in [0.25, 0.3) is 0 Å². The minimum atomic E-state index is -0.348. The molecule has 25 heavy (non-hydrogen) atoms. The van der Waals surface area contributed by atoms with E-state index in [4.69, 9.17) is 4.42 Å². The van der Waals surface area contributed by atoms with Crippen molar-refractivity contribution in [2.75, 3.05) is 0 Å². The smallest absolute Gasteiger partial charge is 0.315 e. The van der Waals surface area contributed by atoms with Gasteiger partial charge in [0.1, 0.15) is 5.58 Å². The van der Waals surface area contributed by atoms with Crippen LogP contribution in [-0.4, -0.2) is 10.5 Å². The molecule has 0 N–H and O–H groups in total. The fourth-order valence-corrected chi connectivity index (χ4v) is 4.28. The number of fused-ring (bicyclic) bond motifs is 2. The molecule has 0 fully saturated rings. The second-order valence-corrected chi connectivity index (χ2v) is 7.10. The van der Waals surface area contributed by atoms with Crippen LogP contribution in [0.15, 0.2) is 51.9 Å². The summed E-state index contributed by atoms with van der Waals surface area (Å²) in [6.07, 6.45) is 0. The number of carbonyl (C=O) groups is 1. The van der Waals surface area contributed by atoms with Crippen LogP contribution in [0, 0.1) is 13.8 Å². The number of hydrogen-bond acceptors (Lipinski definition) is 3. The molecular formula is C20H18N2O2S. The van der Waals surface area contributed by atoms with Gasteiger partial charge in [-0.15, -0.1) is 0 Å². The Bertz CT molecular complexity index is 1140. The van der Waals surface area contributed by atoms with Crippen molar-refractivity contribution in [3.05, 3.63) is 64.2 Å². The van der Waals surface area contributed by atoms with E-state index >= 15 is 0 Å². The van der Waals surface area contributed by atoms with Crippen LogP contribution in [0.3, 0.4) is 0 Å². The van der Waals surface area contributed by atoms with Gasteiger partial charge in [-0.1, -0.05) is 35.6 Å². The van der Waals surface area contributed by atoms with Crippen LogP contribution in [0.1, 0.15) is 28.6 Å². The van der Waals surface area contributed by atoms with Gasteiger partial charge in [0.05, 0.1) is 10.2 Å². The summed E-state index contributed by atoms with van der Waals surface area (Å²) >= 11 is 1.55.